The Morgan fingerprint density at radius 1 is 1.41 bits per heavy atom. The standard InChI is InChI=1S/C14H14ClF5N4O2S/c1-26-6-9-22-24-8(11(14(18,19)20)21-12(24)27-9)5-23-4-7(2-10(23)25)3-13(15,16)17/h7H,2-6H2,1H3/t7-/m1/s1/i1D3. The van der Waals surface area contributed by atoms with Gasteiger partial charge >= 0.3 is 11.6 Å². The highest BCUT2D eigenvalue weighted by molar-refractivity contribution is 7.16. The van der Waals surface area contributed by atoms with Gasteiger partial charge in [0.05, 0.1) is 23.0 Å². The Balaban J connectivity index is 1.87. The fraction of sp³-hybridized carbons (Fsp3) is 0.643. The fourth-order valence-corrected chi connectivity index (χ4v) is 4.01. The third-order valence-electron chi connectivity index (χ3n) is 3.96. The summed E-state index contributed by atoms with van der Waals surface area (Å²) in [6.07, 6.45) is -5.89. The van der Waals surface area contributed by atoms with Gasteiger partial charge < -0.3 is 9.64 Å². The molecule has 0 bridgehead atoms. The van der Waals surface area contributed by atoms with Crippen LogP contribution in [-0.4, -0.2) is 44.4 Å². The zero-order valence-corrected chi connectivity index (χ0v) is 15.0. The van der Waals surface area contributed by atoms with Gasteiger partial charge in [-0.15, -0.1) is 0 Å². The SMILES string of the molecule is [2H]C([2H])([2H])OCc1nn2c(CN3C[C@@H](CC(F)(F)Cl)CC3=O)c(C(F)(F)F)nc2s1. The van der Waals surface area contributed by atoms with Crippen molar-refractivity contribution in [3.63, 3.8) is 0 Å². The van der Waals surface area contributed by atoms with Crippen molar-refractivity contribution in [3.05, 3.63) is 16.4 Å². The maximum Gasteiger partial charge on any atom is 0.435 e. The highest BCUT2D eigenvalue weighted by Gasteiger charge is 2.42. The van der Waals surface area contributed by atoms with Gasteiger partial charge in [0.25, 0.3) is 0 Å². The van der Waals surface area contributed by atoms with E-state index in [0.717, 1.165) is 9.42 Å². The number of rotatable bonds is 6. The van der Waals surface area contributed by atoms with E-state index in [9.17, 15) is 26.7 Å². The summed E-state index contributed by atoms with van der Waals surface area (Å²) < 4.78 is 92.7. The summed E-state index contributed by atoms with van der Waals surface area (Å²) in [5.74, 6) is -1.40. The first-order valence-corrected chi connectivity index (χ1v) is 8.75. The monoisotopic (exact) mass is 435 g/mol. The lowest BCUT2D eigenvalue weighted by Crippen LogP contribution is -2.27. The Kier molecular flexibility index (Phi) is 4.34. The molecule has 3 rings (SSSR count). The lowest BCUT2D eigenvalue weighted by atomic mass is 10.1. The molecular weight excluding hydrogens is 419 g/mol. The number of aromatic nitrogens is 3. The van der Waals surface area contributed by atoms with Gasteiger partial charge in [0.15, 0.2) is 5.69 Å². The van der Waals surface area contributed by atoms with Crippen LogP contribution < -0.4 is 0 Å². The topological polar surface area (TPSA) is 59.7 Å². The predicted octanol–water partition coefficient (Wildman–Crippen LogP) is 3.53. The predicted molar refractivity (Wildman–Crippen MR) is 85.5 cm³/mol. The normalized spacial score (nSPS) is 21.0. The lowest BCUT2D eigenvalue weighted by Gasteiger charge is -2.18. The van der Waals surface area contributed by atoms with Crippen molar-refractivity contribution in [2.24, 2.45) is 5.92 Å². The average molecular weight is 436 g/mol. The number of carbonyl (C=O) groups is 1. The molecule has 1 atom stereocenters. The number of hydrogen-bond acceptors (Lipinski definition) is 5. The van der Waals surface area contributed by atoms with Crippen LogP contribution in [-0.2, 0) is 28.9 Å². The van der Waals surface area contributed by atoms with Crippen molar-refractivity contribution >= 4 is 33.8 Å². The summed E-state index contributed by atoms with van der Waals surface area (Å²) >= 11 is 5.59. The second-order valence-corrected chi connectivity index (χ2v) is 7.64. The van der Waals surface area contributed by atoms with Crippen molar-refractivity contribution in [1.82, 2.24) is 19.5 Å². The van der Waals surface area contributed by atoms with Crippen LogP contribution in [0.5, 0.6) is 0 Å². The Morgan fingerprint density at radius 2 is 2.15 bits per heavy atom. The van der Waals surface area contributed by atoms with Gasteiger partial charge in [-0.1, -0.05) is 11.3 Å². The van der Waals surface area contributed by atoms with Crippen molar-refractivity contribution in [3.8, 4) is 0 Å². The molecule has 2 aromatic rings. The van der Waals surface area contributed by atoms with E-state index in [2.05, 4.69) is 14.8 Å². The van der Waals surface area contributed by atoms with Gasteiger partial charge in [-0.3, -0.25) is 4.79 Å². The molecule has 0 N–H and O–H groups in total. The number of fused-ring (bicyclic) bond motifs is 1. The van der Waals surface area contributed by atoms with E-state index in [0.29, 0.717) is 11.3 Å². The summed E-state index contributed by atoms with van der Waals surface area (Å²) in [6.45, 7) is -1.21. The number of nitrogens with zero attached hydrogens (tertiary/aromatic N) is 4. The molecule has 1 fully saturated rings. The minimum atomic E-state index is -4.84. The number of carbonyl (C=O) groups excluding carboxylic acids is 1. The van der Waals surface area contributed by atoms with E-state index in [4.69, 9.17) is 15.7 Å². The average Bonchev–Trinajstić information content (AvgIpc) is 3.17. The number of halogens is 6. The largest absolute Gasteiger partial charge is 0.435 e. The van der Waals surface area contributed by atoms with Crippen LogP contribution in [0.25, 0.3) is 4.96 Å². The highest BCUT2D eigenvalue weighted by atomic mass is 35.5. The van der Waals surface area contributed by atoms with Gasteiger partial charge in [0, 0.05) is 26.4 Å². The van der Waals surface area contributed by atoms with Crippen LogP contribution >= 0.6 is 22.9 Å². The molecule has 3 heterocycles. The molecular formula is C14H14ClF5N4O2S. The number of amides is 1. The van der Waals surface area contributed by atoms with Gasteiger partial charge in [-0.05, 0) is 17.5 Å². The van der Waals surface area contributed by atoms with Crippen LogP contribution in [0.1, 0.15) is 33.3 Å². The first-order valence-electron chi connectivity index (χ1n) is 9.05. The molecule has 1 aliphatic heterocycles. The number of imidazole rings is 1. The zero-order chi connectivity index (χ0) is 22.5. The molecule has 13 heteroatoms. The number of alkyl halides is 6. The van der Waals surface area contributed by atoms with Gasteiger partial charge in [0.1, 0.15) is 5.01 Å². The molecule has 0 unspecified atom stereocenters. The van der Waals surface area contributed by atoms with Crippen molar-refractivity contribution in [2.75, 3.05) is 13.6 Å². The third kappa shape index (κ3) is 4.49. The summed E-state index contributed by atoms with van der Waals surface area (Å²) in [4.78, 5) is 16.5. The summed E-state index contributed by atoms with van der Waals surface area (Å²) in [7, 11) is -2.71. The molecule has 0 radical (unpaired) electrons. The minimum absolute atomic E-state index is 0.0657. The maximum atomic E-state index is 13.4. The first kappa shape index (κ1) is 16.4. The van der Waals surface area contributed by atoms with E-state index in [1.165, 1.54) is 0 Å². The molecule has 0 aliphatic carbocycles. The number of hydrogen-bond donors (Lipinski definition) is 0. The fourth-order valence-electron chi connectivity index (χ4n) is 2.97. The lowest BCUT2D eigenvalue weighted by molar-refractivity contribution is -0.142. The second-order valence-electron chi connectivity index (χ2n) is 6.05. The van der Waals surface area contributed by atoms with Crippen molar-refractivity contribution in [2.45, 2.75) is 37.6 Å². The zero-order valence-electron chi connectivity index (χ0n) is 16.4. The van der Waals surface area contributed by atoms with E-state index >= 15 is 0 Å². The van der Waals surface area contributed by atoms with Crippen LogP contribution in [0.15, 0.2) is 0 Å². The van der Waals surface area contributed by atoms with E-state index < -0.39 is 61.4 Å². The van der Waals surface area contributed by atoms with Crippen LogP contribution in [0.3, 0.4) is 0 Å². The van der Waals surface area contributed by atoms with Gasteiger partial charge in [0.2, 0.25) is 10.9 Å². The molecule has 1 aliphatic rings. The minimum Gasteiger partial charge on any atom is -0.377 e. The van der Waals surface area contributed by atoms with Gasteiger partial charge in [-0.25, -0.2) is 9.50 Å². The Labute approximate surface area is 163 Å². The third-order valence-corrected chi connectivity index (χ3v) is 4.99. The molecule has 27 heavy (non-hydrogen) atoms. The number of methoxy groups -OCH3 is 1. The van der Waals surface area contributed by atoms with Crippen molar-refractivity contribution in [1.29, 1.82) is 0 Å². The van der Waals surface area contributed by atoms with Crippen LogP contribution in [0, 0.1) is 5.92 Å². The summed E-state index contributed by atoms with van der Waals surface area (Å²) in [5, 5.41) is 0.461. The van der Waals surface area contributed by atoms with E-state index in [1.54, 1.807) is 0 Å². The molecule has 0 spiro atoms. The molecule has 2 aromatic heterocycles. The van der Waals surface area contributed by atoms with Gasteiger partial charge in [-0.2, -0.15) is 27.1 Å². The quantitative estimate of drug-likeness (QED) is 0.514. The second kappa shape index (κ2) is 7.13. The summed E-state index contributed by atoms with van der Waals surface area (Å²) in [5.41, 5.74) is -1.72. The molecule has 0 aromatic carbocycles. The van der Waals surface area contributed by atoms with Crippen LogP contribution in [0.4, 0.5) is 22.0 Å². The first-order chi connectivity index (χ1) is 13.6. The number of likely N-dealkylation sites (tertiary alicyclic amines) is 1. The highest BCUT2D eigenvalue weighted by Crippen LogP contribution is 2.36. The molecule has 1 saturated heterocycles. The molecule has 0 saturated carbocycles. The number of ether oxygens (including phenoxy) is 1. The Hall–Kier alpha value is -1.53. The molecule has 1 amide bonds. The summed E-state index contributed by atoms with van der Waals surface area (Å²) in [6, 6.07) is 0. The maximum absolute atomic E-state index is 13.4. The van der Waals surface area contributed by atoms with Crippen molar-refractivity contribution < 1.29 is 35.6 Å². The molecule has 150 valence electrons. The Morgan fingerprint density at radius 3 is 2.78 bits per heavy atom. The van der Waals surface area contributed by atoms with Crippen LogP contribution in [0.2, 0.25) is 0 Å². The molecule has 6 nitrogen and oxygen atoms in total. The smallest absolute Gasteiger partial charge is 0.377 e. The van der Waals surface area contributed by atoms with E-state index in [-0.39, 0.29) is 22.9 Å². The van der Waals surface area contributed by atoms with E-state index in [1.807, 2.05) is 0 Å². The Bertz CT molecular complexity index is 943.